The van der Waals surface area contributed by atoms with Crippen molar-refractivity contribution >= 4 is 28.2 Å². The lowest BCUT2D eigenvalue weighted by Gasteiger charge is -2.18. The van der Waals surface area contributed by atoms with Crippen molar-refractivity contribution in [1.82, 2.24) is 0 Å². The van der Waals surface area contributed by atoms with Crippen LogP contribution in [0.3, 0.4) is 0 Å². The number of anilines is 1. The van der Waals surface area contributed by atoms with E-state index in [0.29, 0.717) is 23.1 Å². The van der Waals surface area contributed by atoms with Gasteiger partial charge in [-0.1, -0.05) is 25.1 Å². The summed E-state index contributed by atoms with van der Waals surface area (Å²) in [6.07, 6.45) is 3.07. The van der Waals surface area contributed by atoms with Crippen molar-refractivity contribution < 1.29 is 19.1 Å². The highest BCUT2D eigenvalue weighted by Crippen LogP contribution is 2.40. The second-order valence-electron chi connectivity index (χ2n) is 6.74. The molecule has 1 aromatic carbocycles. The van der Waals surface area contributed by atoms with Crippen molar-refractivity contribution in [3.63, 3.8) is 0 Å². The first-order valence-electron chi connectivity index (χ1n) is 9.37. The zero-order chi connectivity index (χ0) is 19.2. The van der Waals surface area contributed by atoms with Crippen LogP contribution in [-0.2, 0) is 22.4 Å². The summed E-state index contributed by atoms with van der Waals surface area (Å²) >= 11 is 1.50. The van der Waals surface area contributed by atoms with Crippen LogP contribution in [0.2, 0.25) is 0 Å². The SMILES string of the molecule is CCOC(=O)c1c(NC(=O)CCOc2ccccc2)sc2c1CC[C@@H](C)C2. The number of carbonyl (C=O) groups is 2. The second-order valence-corrected chi connectivity index (χ2v) is 7.84. The van der Waals surface area contributed by atoms with Gasteiger partial charge in [0.1, 0.15) is 10.8 Å². The maximum Gasteiger partial charge on any atom is 0.341 e. The summed E-state index contributed by atoms with van der Waals surface area (Å²) in [6.45, 7) is 4.61. The Labute approximate surface area is 163 Å². The fourth-order valence-electron chi connectivity index (χ4n) is 3.23. The lowest BCUT2D eigenvalue weighted by atomic mass is 9.88. The number of rotatable bonds is 7. The molecule has 1 amide bonds. The van der Waals surface area contributed by atoms with Crippen LogP contribution in [0.1, 0.15) is 47.5 Å². The van der Waals surface area contributed by atoms with Crippen LogP contribution in [0.15, 0.2) is 30.3 Å². The molecule has 5 nitrogen and oxygen atoms in total. The lowest BCUT2D eigenvalue weighted by molar-refractivity contribution is -0.116. The number of carbonyl (C=O) groups excluding carboxylic acids is 2. The van der Waals surface area contributed by atoms with E-state index >= 15 is 0 Å². The predicted molar refractivity (Wildman–Crippen MR) is 107 cm³/mol. The average Bonchev–Trinajstić information content (AvgIpc) is 2.99. The van der Waals surface area contributed by atoms with Gasteiger partial charge in [0.2, 0.25) is 5.91 Å². The molecule has 0 saturated heterocycles. The number of thiophene rings is 1. The van der Waals surface area contributed by atoms with Crippen molar-refractivity contribution in [2.24, 2.45) is 5.92 Å². The minimum atomic E-state index is -0.347. The van der Waals surface area contributed by atoms with Gasteiger partial charge in [0.25, 0.3) is 0 Å². The van der Waals surface area contributed by atoms with E-state index in [4.69, 9.17) is 9.47 Å². The molecule has 2 aromatic rings. The molecule has 1 heterocycles. The minimum Gasteiger partial charge on any atom is -0.493 e. The maximum atomic E-state index is 12.5. The van der Waals surface area contributed by atoms with Crippen LogP contribution in [0.4, 0.5) is 5.00 Å². The van der Waals surface area contributed by atoms with Crippen molar-refractivity contribution in [3.05, 3.63) is 46.3 Å². The fourth-order valence-corrected chi connectivity index (χ4v) is 4.64. The zero-order valence-corrected chi connectivity index (χ0v) is 16.6. The topological polar surface area (TPSA) is 64.6 Å². The first kappa shape index (κ1) is 19.4. The van der Waals surface area contributed by atoms with Gasteiger partial charge in [0.05, 0.1) is 25.2 Å². The van der Waals surface area contributed by atoms with Crippen molar-refractivity contribution in [2.75, 3.05) is 18.5 Å². The van der Waals surface area contributed by atoms with Crippen LogP contribution < -0.4 is 10.1 Å². The van der Waals surface area contributed by atoms with Crippen molar-refractivity contribution in [3.8, 4) is 5.75 Å². The Morgan fingerprint density at radius 1 is 1.26 bits per heavy atom. The lowest BCUT2D eigenvalue weighted by Crippen LogP contribution is -2.18. The average molecular weight is 388 g/mol. The van der Waals surface area contributed by atoms with Crippen LogP contribution >= 0.6 is 11.3 Å². The first-order chi connectivity index (χ1) is 13.1. The van der Waals surface area contributed by atoms with Crippen LogP contribution in [-0.4, -0.2) is 25.1 Å². The molecule has 1 aliphatic carbocycles. The maximum absolute atomic E-state index is 12.5. The molecule has 27 heavy (non-hydrogen) atoms. The monoisotopic (exact) mass is 387 g/mol. The van der Waals surface area contributed by atoms with E-state index in [1.54, 1.807) is 6.92 Å². The number of esters is 1. The predicted octanol–water partition coefficient (Wildman–Crippen LogP) is 4.46. The van der Waals surface area contributed by atoms with E-state index in [9.17, 15) is 9.59 Å². The molecule has 0 fully saturated rings. The number of hydrogen-bond acceptors (Lipinski definition) is 5. The number of para-hydroxylation sites is 1. The fraction of sp³-hybridized carbons (Fsp3) is 0.429. The van der Waals surface area contributed by atoms with E-state index in [2.05, 4.69) is 12.2 Å². The molecule has 0 bridgehead atoms. The van der Waals surface area contributed by atoms with Gasteiger partial charge in [-0.15, -0.1) is 11.3 Å². The van der Waals surface area contributed by atoms with Crippen molar-refractivity contribution in [2.45, 2.75) is 39.5 Å². The zero-order valence-electron chi connectivity index (χ0n) is 15.7. The molecule has 0 aliphatic heterocycles. The van der Waals surface area contributed by atoms with Gasteiger partial charge in [-0.3, -0.25) is 4.79 Å². The first-order valence-corrected chi connectivity index (χ1v) is 10.2. The molecule has 1 aromatic heterocycles. The number of amides is 1. The van der Waals surface area contributed by atoms with Gasteiger partial charge in [-0.25, -0.2) is 4.79 Å². The highest BCUT2D eigenvalue weighted by Gasteiger charge is 2.29. The number of fused-ring (bicyclic) bond motifs is 1. The summed E-state index contributed by atoms with van der Waals surface area (Å²) in [5, 5.41) is 3.52. The van der Waals surface area contributed by atoms with Crippen LogP contribution in [0.25, 0.3) is 0 Å². The Kier molecular flexibility index (Phi) is 6.50. The van der Waals surface area contributed by atoms with Crippen molar-refractivity contribution in [1.29, 1.82) is 0 Å². The number of hydrogen-bond donors (Lipinski definition) is 1. The molecule has 1 atom stereocenters. The van der Waals surface area contributed by atoms with Gasteiger partial charge in [-0.05, 0) is 49.8 Å². The van der Waals surface area contributed by atoms with E-state index in [1.807, 2.05) is 30.3 Å². The summed E-state index contributed by atoms with van der Waals surface area (Å²) in [6, 6.07) is 9.39. The van der Waals surface area contributed by atoms with Crippen LogP contribution in [0.5, 0.6) is 5.75 Å². The third-order valence-corrected chi connectivity index (χ3v) is 5.76. The molecule has 0 saturated carbocycles. The highest BCUT2D eigenvalue weighted by atomic mass is 32.1. The second kappa shape index (κ2) is 9.04. The Hall–Kier alpha value is -2.34. The molecule has 0 radical (unpaired) electrons. The minimum absolute atomic E-state index is 0.164. The largest absolute Gasteiger partial charge is 0.493 e. The Bertz CT molecular complexity index is 800. The van der Waals surface area contributed by atoms with E-state index in [-0.39, 0.29) is 24.9 Å². The van der Waals surface area contributed by atoms with Gasteiger partial charge >= 0.3 is 5.97 Å². The van der Waals surface area contributed by atoms with Gasteiger partial charge in [0.15, 0.2) is 0 Å². The molecule has 0 unspecified atom stereocenters. The van der Waals surface area contributed by atoms with E-state index in [0.717, 1.165) is 30.6 Å². The molecule has 6 heteroatoms. The summed E-state index contributed by atoms with van der Waals surface area (Å²) in [5.41, 5.74) is 1.59. The molecule has 1 aliphatic rings. The Morgan fingerprint density at radius 2 is 2.04 bits per heavy atom. The summed E-state index contributed by atoms with van der Waals surface area (Å²) < 4.78 is 10.8. The summed E-state index contributed by atoms with van der Waals surface area (Å²) in [5.74, 6) is 0.815. The molecule has 1 N–H and O–H groups in total. The van der Waals surface area contributed by atoms with E-state index in [1.165, 1.54) is 16.2 Å². The molecule has 0 spiro atoms. The van der Waals surface area contributed by atoms with E-state index < -0.39 is 0 Å². The van der Waals surface area contributed by atoms with Gasteiger partial charge < -0.3 is 14.8 Å². The third kappa shape index (κ3) is 4.89. The van der Waals surface area contributed by atoms with Gasteiger partial charge in [0, 0.05) is 4.88 Å². The van der Waals surface area contributed by atoms with Crippen LogP contribution in [0, 0.1) is 5.92 Å². The molecular formula is C21H25NO4S. The standard InChI is InChI=1S/C21H25NO4S/c1-3-25-21(24)19-16-10-9-14(2)13-17(16)27-20(19)22-18(23)11-12-26-15-7-5-4-6-8-15/h4-8,14H,3,9-13H2,1-2H3,(H,22,23)/t14-/m1/s1. The third-order valence-electron chi connectivity index (χ3n) is 4.59. The smallest absolute Gasteiger partial charge is 0.341 e. The highest BCUT2D eigenvalue weighted by molar-refractivity contribution is 7.17. The number of nitrogens with one attached hydrogen (secondary N) is 1. The van der Waals surface area contributed by atoms with Gasteiger partial charge in [-0.2, -0.15) is 0 Å². The molecule has 144 valence electrons. The normalized spacial score (nSPS) is 15.7. The Balaban J connectivity index is 1.67. The summed E-state index contributed by atoms with van der Waals surface area (Å²) in [7, 11) is 0. The number of benzene rings is 1. The Morgan fingerprint density at radius 3 is 2.78 bits per heavy atom. The quantitative estimate of drug-likeness (QED) is 0.713. The molecule has 3 rings (SSSR count). The molecular weight excluding hydrogens is 362 g/mol. The number of ether oxygens (including phenoxy) is 2. The summed E-state index contributed by atoms with van der Waals surface area (Å²) in [4.78, 5) is 26.0.